The molecule has 0 radical (unpaired) electrons. The van der Waals surface area contributed by atoms with E-state index in [1.165, 1.54) is 31.2 Å². The Kier molecular flexibility index (Phi) is 8.54. The third kappa shape index (κ3) is 8.18. The molecule has 0 unspecified atom stereocenters. The average molecular weight is 313 g/mol. The van der Waals surface area contributed by atoms with Gasteiger partial charge in [-0.15, -0.1) is 0 Å². The summed E-state index contributed by atoms with van der Waals surface area (Å²) < 4.78 is 20.5. The number of esters is 1. The molecule has 0 aliphatic carbocycles. The van der Waals surface area contributed by atoms with Crippen molar-refractivity contribution < 1.29 is 28.7 Å². The molecular formula is C14H19NO7. The van der Waals surface area contributed by atoms with Crippen molar-refractivity contribution in [1.29, 1.82) is 0 Å². The Hall–Kier alpha value is -2.19. The number of nitro benzene ring substituents is 1. The van der Waals surface area contributed by atoms with E-state index >= 15 is 0 Å². The van der Waals surface area contributed by atoms with Crippen molar-refractivity contribution in [3.05, 3.63) is 34.4 Å². The van der Waals surface area contributed by atoms with Gasteiger partial charge in [-0.05, 0) is 12.1 Å². The molecule has 1 rings (SSSR count). The summed E-state index contributed by atoms with van der Waals surface area (Å²) in [6, 6.07) is 5.84. The second-order valence-corrected chi connectivity index (χ2v) is 4.16. The standard InChI is InChI=1S/C14H19NO7/c1-12(16)21-10-8-19-6-7-20-9-11-22-14-4-2-13(3-5-14)15(17)18/h2-5H,6-11H2,1H3. The Bertz CT molecular complexity index is 461. The normalized spacial score (nSPS) is 10.2. The van der Waals surface area contributed by atoms with Gasteiger partial charge in [0.1, 0.15) is 19.0 Å². The molecule has 0 saturated carbocycles. The highest BCUT2D eigenvalue weighted by Gasteiger charge is 2.04. The van der Waals surface area contributed by atoms with Crippen molar-refractivity contribution >= 4 is 11.7 Å². The van der Waals surface area contributed by atoms with Crippen molar-refractivity contribution in [3.8, 4) is 5.75 Å². The van der Waals surface area contributed by atoms with Crippen LogP contribution in [0.1, 0.15) is 6.92 Å². The number of non-ortho nitro benzene ring substituents is 1. The highest BCUT2D eigenvalue weighted by Crippen LogP contribution is 2.16. The summed E-state index contributed by atoms with van der Waals surface area (Å²) in [7, 11) is 0. The Morgan fingerprint density at radius 2 is 1.55 bits per heavy atom. The van der Waals surface area contributed by atoms with E-state index < -0.39 is 4.92 Å². The molecule has 8 heteroatoms. The summed E-state index contributed by atoms with van der Waals surface area (Å²) in [6.45, 7) is 3.44. The maximum absolute atomic E-state index is 10.5. The van der Waals surface area contributed by atoms with Gasteiger partial charge in [-0.25, -0.2) is 0 Å². The quantitative estimate of drug-likeness (QED) is 0.265. The molecule has 0 fully saturated rings. The van der Waals surface area contributed by atoms with E-state index in [4.69, 9.17) is 18.9 Å². The maximum Gasteiger partial charge on any atom is 0.302 e. The zero-order valence-electron chi connectivity index (χ0n) is 12.4. The highest BCUT2D eigenvalue weighted by atomic mass is 16.6. The van der Waals surface area contributed by atoms with E-state index in [2.05, 4.69) is 0 Å². The number of benzene rings is 1. The molecule has 1 aromatic carbocycles. The maximum atomic E-state index is 10.5. The number of rotatable bonds is 11. The lowest BCUT2D eigenvalue weighted by atomic mass is 10.3. The first-order chi connectivity index (χ1) is 10.6. The predicted octanol–water partition coefficient (Wildman–Crippen LogP) is 1.57. The molecule has 0 aliphatic rings. The van der Waals surface area contributed by atoms with E-state index in [0.717, 1.165) is 0 Å². The lowest BCUT2D eigenvalue weighted by Crippen LogP contribution is -2.13. The number of carbonyl (C=O) groups excluding carboxylic acids is 1. The summed E-state index contributed by atoms with van der Waals surface area (Å²) in [5.74, 6) is 0.218. The first-order valence-corrected chi connectivity index (χ1v) is 6.75. The summed E-state index contributed by atoms with van der Waals surface area (Å²) >= 11 is 0. The van der Waals surface area contributed by atoms with Crippen LogP contribution in [0.5, 0.6) is 5.75 Å². The molecular weight excluding hydrogens is 294 g/mol. The Morgan fingerprint density at radius 1 is 1.00 bits per heavy atom. The molecule has 1 aromatic rings. The van der Waals surface area contributed by atoms with Crippen molar-refractivity contribution in [3.63, 3.8) is 0 Å². The van der Waals surface area contributed by atoms with Gasteiger partial charge in [-0.3, -0.25) is 14.9 Å². The molecule has 22 heavy (non-hydrogen) atoms. The molecule has 0 saturated heterocycles. The van der Waals surface area contributed by atoms with Crippen LogP contribution < -0.4 is 4.74 Å². The third-order valence-corrected chi connectivity index (χ3v) is 2.45. The monoisotopic (exact) mass is 313 g/mol. The van der Waals surface area contributed by atoms with Gasteiger partial charge in [-0.1, -0.05) is 0 Å². The van der Waals surface area contributed by atoms with Gasteiger partial charge in [-0.2, -0.15) is 0 Å². The molecule has 0 bridgehead atoms. The number of hydrogen-bond donors (Lipinski definition) is 0. The smallest absolute Gasteiger partial charge is 0.302 e. The van der Waals surface area contributed by atoms with Gasteiger partial charge < -0.3 is 18.9 Å². The molecule has 0 N–H and O–H groups in total. The Labute approximate surface area is 128 Å². The second-order valence-electron chi connectivity index (χ2n) is 4.16. The van der Waals surface area contributed by atoms with Crippen molar-refractivity contribution in [2.24, 2.45) is 0 Å². The first kappa shape index (κ1) is 17.9. The predicted molar refractivity (Wildman–Crippen MR) is 76.9 cm³/mol. The summed E-state index contributed by atoms with van der Waals surface area (Å²) in [4.78, 5) is 20.5. The van der Waals surface area contributed by atoms with Gasteiger partial charge in [0.15, 0.2) is 0 Å². The van der Waals surface area contributed by atoms with E-state index in [0.29, 0.717) is 38.8 Å². The van der Waals surface area contributed by atoms with Gasteiger partial charge >= 0.3 is 5.97 Å². The van der Waals surface area contributed by atoms with Crippen molar-refractivity contribution in [2.45, 2.75) is 6.92 Å². The molecule has 8 nitrogen and oxygen atoms in total. The third-order valence-electron chi connectivity index (χ3n) is 2.45. The van der Waals surface area contributed by atoms with Crippen LogP contribution in [0.25, 0.3) is 0 Å². The molecule has 0 spiro atoms. The highest BCUT2D eigenvalue weighted by molar-refractivity contribution is 5.65. The fraction of sp³-hybridized carbons (Fsp3) is 0.500. The van der Waals surface area contributed by atoms with E-state index in [9.17, 15) is 14.9 Å². The molecule has 0 amide bonds. The molecule has 0 aromatic heterocycles. The fourth-order valence-corrected chi connectivity index (χ4v) is 1.45. The second kappa shape index (κ2) is 10.5. The Morgan fingerprint density at radius 3 is 2.09 bits per heavy atom. The van der Waals surface area contributed by atoms with Crippen LogP contribution in [0.2, 0.25) is 0 Å². The SMILES string of the molecule is CC(=O)OCCOCCOCCOc1ccc([N+](=O)[O-])cc1. The molecule has 0 aliphatic heterocycles. The number of ether oxygens (including phenoxy) is 4. The topological polar surface area (TPSA) is 97.1 Å². The largest absolute Gasteiger partial charge is 0.491 e. The van der Waals surface area contributed by atoms with Crippen LogP contribution in [0.3, 0.4) is 0 Å². The van der Waals surface area contributed by atoms with E-state index in [1.54, 1.807) is 0 Å². The summed E-state index contributed by atoms with van der Waals surface area (Å²) in [5, 5.41) is 10.5. The summed E-state index contributed by atoms with van der Waals surface area (Å²) in [5.41, 5.74) is 0.0227. The minimum Gasteiger partial charge on any atom is -0.491 e. The van der Waals surface area contributed by atoms with Gasteiger partial charge in [0.05, 0.1) is 31.4 Å². The van der Waals surface area contributed by atoms with Crippen LogP contribution in [0, 0.1) is 10.1 Å². The van der Waals surface area contributed by atoms with E-state index in [-0.39, 0.29) is 18.3 Å². The van der Waals surface area contributed by atoms with Crippen molar-refractivity contribution in [2.75, 3.05) is 39.6 Å². The van der Waals surface area contributed by atoms with Crippen LogP contribution >= 0.6 is 0 Å². The van der Waals surface area contributed by atoms with E-state index in [1.807, 2.05) is 0 Å². The van der Waals surface area contributed by atoms with Crippen LogP contribution in [-0.4, -0.2) is 50.5 Å². The first-order valence-electron chi connectivity index (χ1n) is 6.75. The molecule has 0 atom stereocenters. The lowest BCUT2D eigenvalue weighted by molar-refractivity contribution is -0.384. The van der Waals surface area contributed by atoms with Crippen LogP contribution in [-0.2, 0) is 19.0 Å². The zero-order chi connectivity index (χ0) is 16.2. The van der Waals surface area contributed by atoms with Gasteiger partial charge in [0, 0.05) is 19.1 Å². The van der Waals surface area contributed by atoms with Gasteiger partial charge in [0.2, 0.25) is 0 Å². The van der Waals surface area contributed by atoms with Crippen molar-refractivity contribution in [1.82, 2.24) is 0 Å². The number of nitrogens with zero attached hydrogens (tertiary/aromatic N) is 1. The summed E-state index contributed by atoms with van der Waals surface area (Å²) in [6.07, 6.45) is 0. The number of hydrogen-bond acceptors (Lipinski definition) is 7. The zero-order valence-corrected chi connectivity index (χ0v) is 12.4. The number of nitro groups is 1. The van der Waals surface area contributed by atoms with Crippen LogP contribution in [0.15, 0.2) is 24.3 Å². The molecule has 0 heterocycles. The fourth-order valence-electron chi connectivity index (χ4n) is 1.45. The minimum atomic E-state index is -0.464. The van der Waals surface area contributed by atoms with Gasteiger partial charge in [0.25, 0.3) is 5.69 Å². The molecule has 122 valence electrons. The van der Waals surface area contributed by atoms with Crippen LogP contribution in [0.4, 0.5) is 5.69 Å². The number of carbonyl (C=O) groups is 1. The minimum absolute atomic E-state index is 0.0227. The Balaban J connectivity index is 1.97. The average Bonchev–Trinajstić information content (AvgIpc) is 2.49. The lowest BCUT2D eigenvalue weighted by Gasteiger charge is -2.07.